The van der Waals surface area contributed by atoms with Crippen LogP contribution in [0.2, 0.25) is 0 Å². The molecule has 0 radical (unpaired) electrons. The molecule has 0 saturated carbocycles. The lowest BCUT2D eigenvalue weighted by Gasteiger charge is -2.15. The molecular weight excluding hydrogens is 278 g/mol. The maximum atomic E-state index is 12.4. The number of nitrogens with two attached hydrogens (primary N) is 1. The molecule has 0 amide bonds. The molecule has 2 unspecified atom stereocenters. The van der Waals surface area contributed by atoms with Gasteiger partial charge in [0, 0.05) is 28.3 Å². The normalized spacial score (nSPS) is 13.9. The van der Waals surface area contributed by atoms with E-state index in [1.807, 2.05) is 18.2 Å². The zero-order valence-corrected chi connectivity index (χ0v) is 13.7. The van der Waals surface area contributed by atoms with E-state index in [0.717, 1.165) is 11.1 Å². The van der Waals surface area contributed by atoms with E-state index in [1.54, 1.807) is 0 Å². The van der Waals surface area contributed by atoms with Gasteiger partial charge in [-0.15, -0.1) is 0 Å². The molecule has 21 heavy (non-hydrogen) atoms. The Labute approximate surface area is 129 Å². The Kier molecular flexibility index (Phi) is 5.32. The molecule has 2 rings (SSSR count). The largest absolute Gasteiger partial charge is 0.323 e. The highest BCUT2D eigenvalue weighted by molar-refractivity contribution is 7.84. The lowest BCUT2D eigenvalue weighted by Crippen LogP contribution is -2.20. The molecule has 0 bridgehead atoms. The second-order valence-corrected chi connectivity index (χ2v) is 7.15. The minimum atomic E-state index is -0.950. The first kappa shape index (κ1) is 15.9. The molecule has 0 aliphatic carbocycles. The van der Waals surface area contributed by atoms with Crippen molar-refractivity contribution < 1.29 is 4.21 Å². The van der Waals surface area contributed by atoms with Gasteiger partial charge in [0.25, 0.3) is 0 Å². The maximum Gasteiger partial charge on any atom is 0.0489 e. The number of aryl methyl sites for hydroxylation is 3. The van der Waals surface area contributed by atoms with Gasteiger partial charge in [0.1, 0.15) is 0 Å². The van der Waals surface area contributed by atoms with Gasteiger partial charge in [-0.25, -0.2) is 0 Å². The zero-order valence-electron chi connectivity index (χ0n) is 12.9. The van der Waals surface area contributed by atoms with E-state index in [4.69, 9.17) is 5.73 Å². The van der Waals surface area contributed by atoms with Crippen molar-refractivity contribution in [3.05, 3.63) is 70.3 Å². The van der Waals surface area contributed by atoms with Crippen molar-refractivity contribution in [1.29, 1.82) is 0 Å². The first-order valence-electron chi connectivity index (χ1n) is 7.19. The second kappa shape index (κ2) is 7.01. The van der Waals surface area contributed by atoms with Gasteiger partial charge in [-0.2, -0.15) is 0 Å². The summed E-state index contributed by atoms with van der Waals surface area (Å²) in [5, 5.41) is 0. The van der Waals surface area contributed by atoms with E-state index < -0.39 is 10.8 Å². The Morgan fingerprint density at radius 3 is 2.43 bits per heavy atom. The molecule has 0 fully saturated rings. The summed E-state index contributed by atoms with van der Waals surface area (Å²) < 4.78 is 12.4. The van der Waals surface area contributed by atoms with Crippen molar-refractivity contribution in [2.45, 2.75) is 32.6 Å². The van der Waals surface area contributed by atoms with Crippen LogP contribution in [0.15, 0.2) is 42.5 Å². The summed E-state index contributed by atoms with van der Waals surface area (Å²) in [5.74, 6) is 1.07. The van der Waals surface area contributed by atoms with Gasteiger partial charge in [-0.05, 0) is 43.0 Å². The Bertz CT molecular complexity index is 651. The smallest absolute Gasteiger partial charge is 0.0489 e. The minimum Gasteiger partial charge on any atom is -0.323 e. The number of hydrogen-bond acceptors (Lipinski definition) is 2. The summed E-state index contributed by atoms with van der Waals surface area (Å²) in [7, 11) is -0.950. The highest BCUT2D eigenvalue weighted by Crippen LogP contribution is 2.19. The average Bonchev–Trinajstić information content (AvgIpc) is 2.41. The molecule has 0 spiro atoms. The predicted molar refractivity (Wildman–Crippen MR) is 90.7 cm³/mol. The first-order chi connectivity index (χ1) is 9.97. The minimum absolute atomic E-state index is 0.171. The van der Waals surface area contributed by atoms with E-state index in [-0.39, 0.29) is 6.04 Å². The van der Waals surface area contributed by atoms with Crippen LogP contribution >= 0.6 is 0 Å². The Balaban J connectivity index is 2.04. The number of benzene rings is 2. The molecule has 2 nitrogen and oxygen atoms in total. The predicted octanol–water partition coefficient (Wildman–Crippen LogP) is 3.56. The fraction of sp³-hybridized carbons (Fsp3) is 0.333. The van der Waals surface area contributed by atoms with Gasteiger partial charge >= 0.3 is 0 Å². The van der Waals surface area contributed by atoms with Gasteiger partial charge in [-0.1, -0.05) is 48.0 Å². The Morgan fingerprint density at radius 2 is 1.76 bits per heavy atom. The van der Waals surface area contributed by atoms with Crippen LogP contribution in [-0.2, 0) is 16.6 Å². The average molecular weight is 301 g/mol. The highest BCUT2D eigenvalue weighted by atomic mass is 32.2. The molecule has 112 valence electrons. The Morgan fingerprint density at radius 1 is 1.05 bits per heavy atom. The molecule has 0 aliphatic heterocycles. The van der Waals surface area contributed by atoms with Crippen LogP contribution in [-0.4, -0.2) is 9.96 Å². The standard InChI is InChI=1S/C18H23NOS/c1-13-8-9-17(15(3)10-13)18(19)12-21(20)11-16-7-5-4-6-14(16)2/h4-10,18H,11-12,19H2,1-3H3. The summed E-state index contributed by atoms with van der Waals surface area (Å²) >= 11 is 0. The fourth-order valence-corrected chi connectivity index (χ4v) is 3.90. The third-order valence-electron chi connectivity index (χ3n) is 3.77. The third kappa shape index (κ3) is 4.26. The van der Waals surface area contributed by atoms with E-state index in [2.05, 4.69) is 45.0 Å². The van der Waals surface area contributed by atoms with Crippen molar-refractivity contribution in [3.63, 3.8) is 0 Å². The van der Waals surface area contributed by atoms with Crippen molar-refractivity contribution in [2.75, 3.05) is 5.75 Å². The molecule has 3 heteroatoms. The fourth-order valence-electron chi connectivity index (χ4n) is 2.54. The second-order valence-electron chi connectivity index (χ2n) is 5.64. The van der Waals surface area contributed by atoms with Gasteiger partial charge in [0.05, 0.1) is 0 Å². The number of hydrogen-bond donors (Lipinski definition) is 1. The van der Waals surface area contributed by atoms with Crippen LogP contribution in [0.1, 0.15) is 33.9 Å². The van der Waals surface area contributed by atoms with Crippen LogP contribution in [0.3, 0.4) is 0 Å². The molecule has 2 aromatic carbocycles. The molecule has 0 aliphatic rings. The van der Waals surface area contributed by atoms with Crippen molar-refractivity contribution in [3.8, 4) is 0 Å². The zero-order chi connectivity index (χ0) is 15.4. The molecule has 0 heterocycles. The number of rotatable bonds is 5. The summed E-state index contributed by atoms with van der Waals surface area (Å²) in [4.78, 5) is 0. The van der Waals surface area contributed by atoms with Gasteiger partial charge < -0.3 is 5.73 Å². The first-order valence-corrected chi connectivity index (χ1v) is 8.68. The van der Waals surface area contributed by atoms with Crippen LogP contribution in [0.25, 0.3) is 0 Å². The van der Waals surface area contributed by atoms with Crippen molar-refractivity contribution in [1.82, 2.24) is 0 Å². The van der Waals surface area contributed by atoms with E-state index in [0.29, 0.717) is 11.5 Å². The van der Waals surface area contributed by atoms with Crippen LogP contribution in [0.5, 0.6) is 0 Å². The molecule has 0 saturated heterocycles. The van der Waals surface area contributed by atoms with Gasteiger partial charge in [0.2, 0.25) is 0 Å². The van der Waals surface area contributed by atoms with E-state index >= 15 is 0 Å². The lowest BCUT2D eigenvalue weighted by atomic mass is 10.0. The monoisotopic (exact) mass is 301 g/mol. The van der Waals surface area contributed by atoms with E-state index in [9.17, 15) is 4.21 Å². The van der Waals surface area contributed by atoms with Crippen molar-refractivity contribution in [2.24, 2.45) is 5.73 Å². The van der Waals surface area contributed by atoms with Gasteiger partial charge in [0.15, 0.2) is 0 Å². The van der Waals surface area contributed by atoms with Gasteiger partial charge in [-0.3, -0.25) is 4.21 Å². The SMILES string of the molecule is Cc1ccc(C(N)CS(=O)Cc2ccccc2C)c(C)c1. The summed E-state index contributed by atoms with van der Waals surface area (Å²) in [6, 6.07) is 14.2. The molecular formula is C18H23NOS. The molecule has 2 N–H and O–H groups in total. The lowest BCUT2D eigenvalue weighted by molar-refractivity contribution is 0.674. The van der Waals surface area contributed by atoms with Crippen LogP contribution in [0.4, 0.5) is 0 Å². The molecule has 2 atom stereocenters. The maximum absolute atomic E-state index is 12.4. The summed E-state index contributed by atoms with van der Waals surface area (Å²) in [6.45, 7) is 6.18. The van der Waals surface area contributed by atoms with Crippen molar-refractivity contribution >= 4 is 10.8 Å². The summed E-state index contributed by atoms with van der Waals surface area (Å²) in [6.07, 6.45) is 0. The Hall–Kier alpha value is -1.45. The molecule has 0 aromatic heterocycles. The topological polar surface area (TPSA) is 43.1 Å². The van der Waals surface area contributed by atoms with Crippen LogP contribution < -0.4 is 5.73 Å². The molecule has 2 aromatic rings. The highest BCUT2D eigenvalue weighted by Gasteiger charge is 2.13. The third-order valence-corrected chi connectivity index (χ3v) is 5.13. The summed E-state index contributed by atoms with van der Waals surface area (Å²) in [5.41, 5.74) is 12.1. The van der Waals surface area contributed by atoms with E-state index in [1.165, 1.54) is 16.7 Å². The quantitative estimate of drug-likeness (QED) is 0.917. The van der Waals surface area contributed by atoms with Crippen LogP contribution in [0, 0.1) is 20.8 Å².